The van der Waals surface area contributed by atoms with Crippen molar-refractivity contribution in [1.29, 1.82) is 5.26 Å². The van der Waals surface area contributed by atoms with E-state index in [9.17, 15) is 10.1 Å². The van der Waals surface area contributed by atoms with Gasteiger partial charge in [-0.1, -0.05) is 24.3 Å². The lowest BCUT2D eigenvalue weighted by molar-refractivity contribution is -0.117. The Morgan fingerprint density at radius 3 is 2.80 bits per heavy atom. The van der Waals surface area contributed by atoms with E-state index in [-0.39, 0.29) is 18.6 Å². The van der Waals surface area contributed by atoms with Crippen LogP contribution in [0.2, 0.25) is 0 Å². The zero-order chi connectivity index (χ0) is 24.8. The summed E-state index contributed by atoms with van der Waals surface area (Å²) in [7, 11) is 1.66. The van der Waals surface area contributed by atoms with Gasteiger partial charge in [-0.25, -0.2) is 0 Å². The summed E-state index contributed by atoms with van der Waals surface area (Å²) in [6.07, 6.45) is 2.13. The predicted octanol–water partition coefficient (Wildman–Crippen LogP) is 4.87. The van der Waals surface area contributed by atoms with E-state index in [1.165, 1.54) is 4.88 Å². The van der Waals surface area contributed by atoms with Crippen molar-refractivity contribution in [2.45, 2.75) is 52.4 Å². The van der Waals surface area contributed by atoms with Crippen LogP contribution in [0.25, 0.3) is 0 Å². The molecule has 4 rings (SSSR count). The van der Waals surface area contributed by atoms with E-state index >= 15 is 0 Å². The summed E-state index contributed by atoms with van der Waals surface area (Å²) in [5.41, 5.74) is 3.41. The van der Waals surface area contributed by atoms with Gasteiger partial charge in [-0.05, 0) is 49.8 Å². The molecule has 8 heteroatoms. The number of nitriles is 1. The molecule has 0 aliphatic carbocycles. The number of carbonyl (C=O) groups is 1. The van der Waals surface area contributed by atoms with E-state index in [4.69, 9.17) is 9.47 Å². The lowest BCUT2D eigenvalue weighted by Crippen LogP contribution is -2.33. The maximum Gasteiger partial charge on any atom is 0.239 e. The molecule has 7 nitrogen and oxygen atoms in total. The van der Waals surface area contributed by atoms with Crippen LogP contribution in [0.3, 0.4) is 0 Å². The van der Waals surface area contributed by atoms with Crippen LogP contribution in [0.1, 0.15) is 40.1 Å². The molecule has 1 aliphatic rings. The fraction of sp³-hybridized carbons (Fsp3) is 0.407. The number of benzene rings is 1. The van der Waals surface area contributed by atoms with Crippen LogP contribution < -0.4 is 10.1 Å². The number of hydrogen-bond donors (Lipinski definition) is 1. The number of thiophene rings is 1. The standard InChI is InChI=1S/C27H32N4O3S/c1-19-20(2)31(16-22-9-6-12-34-22)27(24(19)14-28)29-26(32)18-30(17-23-10-7-13-35-23)15-21-8-4-5-11-25(21)33-3/h4-5,7-8,10-11,13,22H,6,9,12,15-18H2,1-3H3,(H,29,32)/t22-/m0/s1. The number of rotatable bonds is 10. The van der Waals surface area contributed by atoms with E-state index in [1.807, 2.05) is 54.1 Å². The number of nitrogens with zero attached hydrogens (tertiary/aromatic N) is 3. The van der Waals surface area contributed by atoms with Gasteiger partial charge < -0.3 is 19.4 Å². The van der Waals surface area contributed by atoms with Crippen molar-refractivity contribution >= 4 is 23.1 Å². The maximum atomic E-state index is 13.3. The van der Waals surface area contributed by atoms with Gasteiger partial charge in [0.05, 0.1) is 31.9 Å². The number of carbonyl (C=O) groups excluding carboxylic acids is 1. The highest BCUT2D eigenvalue weighted by Crippen LogP contribution is 2.29. The molecule has 1 saturated heterocycles. The first-order valence-electron chi connectivity index (χ1n) is 11.9. The normalized spacial score (nSPS) is 15.3. The van der Waals surface area contributed by atoms with Gasteiger partial charge in [-0.3, -0.25) is 9.69 Å². The minimum atomic E-state index is -0.154. The van der Waals surface area contributed by atoms with Gasteiger partial charge in [-0.2, -0.15) is 5.26 Å². The van der Waals surface area contributed by atoms with E-state index < -0.39 is 0 Å². The van der Waals surface area contributed by atoms with Crippen LogP contribution in [-0.2, 0) is 29.2 Å². The van der Waals surface area contributed by atoms with Crippen molar-refractivity contribution in [1.82, 2.24) is 9.47 Å². The topological polar surface area (TPSA) is 79.5 Å². The largest absolute Gasteiger partial charge is 0.496 e. The Balaban J connectivity index is 1.55. The van der Waals surface area contributed by atoms with Crippen molar-refractivity contribution in [3.8, 4) is 11.8 Å². The van der Waals surface area contributed by atoms with Crippen LogP contribution in [0, 0.1) is 25.2 Å². The molecule has 0 spiro atoms. The molecule has 3 aromatic rings. The molecule has 0 bridgehead atoms. The lowest BCUT2D eigenvalue weighted by Gasteiger charge is -2.23. The first-order valence-corrected chi connectivity index (χ1v) is 12.8. The summed E-state index contributed by atoms with van der Waals surface area (Å²) in [4.78, 5) is 16.6. The minimum absolute atomic E-state index is 0.101. The molecule has 1 atom stereocenters. The summed E-state index contributed by atoms with van der Waals surface area (Å²) in [6, 6.07) is 14.3. The number of aromatic nitrogens is 1. The highest BCUT2D eigenvalue weighted by Gasteiger charge is 2.25. The first-order chi connectivity index (χ1) is 17.0. The Hall–Kier alpha value is -3.12. The third-order valence-corrected chi connectivity index (χ3v) is 7.38. The van der Waals surface area contributed by atoms with E-state index in [0.29, 0.717) is 31.0 Å². The lowest BCUT2D eigenvalue weighted by atomic mass is 10.2. The number of amides is 1. The number of nitrogens with one attached hydrogen (secondary N) is 1. The monoisotopic (exact) mass is 492 g/mol. The highest BCUT2D eigenvalue weighted by molar-refractivity contribution is 7.09. The van der Waals surface area contributed by atoms with Gasteiger partial charge in [0.1, 0.15) is 17.6 Å². The van der Waals surface area contributed by atoms with Crippen LogP contribution in [-0.4, -0.2) is 41.7 Å². The van der Waals surface area contributed by atoms with Gasteiger partial charge in [0.25, 0.3) is 0 Å². The smallest absolute Gasteiger partial charge is 0.239 e. The highest BCUT2D eigenvalue weighted by atomic mass is 32.1. The van der Waals surface area contributed by atoms with Crippen molar-refractivity contribution < 1.29 is 14.3 Å². The Bertz CT molecular complexity index is 1190. The first kappa shape index (κ1) is 25.0. The van der Waals surface area contributed by atoms with E-state index in [1.54, 1.807) is 18.4 Å². The average Bonchev–Trinajstić information content (AvgIpc) is 3.60. The molecule has 0 radical (unpaired) electrons. The Labute approximate surface area is 210 Å². The Kier molecular flexibility index (Phi) is 8.24. The molecule has 1 N–H and O–H groups in total. The maximum absolute atomic E-state index is 13.3. The molecule has 1 fully saturated rings. The number of ether oxygens (including phenoxy) is 2. The van der Waals surface area contributed by atoms with Gasteiger partial charge >= 0.3 is 0 Å². The number of anilines is 1. The zero-order valence-corrected chi connectivity index (χ0v) is 21.4. The van der Waals surface area contributed by atoms with Crippen LogP contribution in [0.15, 0.2) is 41.8 Å². The molecule has 184 valence electrons. The van der Waals surface area contributed by atoms with Crippen molar-refractivity contribution in [3.63, 3.8) is 0 Å². The molecule has 1 aliphatic heterocycles. The summed E-state index contributed by atoms with van der Waals surface area (Å²) in [5.74, 6) is 1.21. The molecule has 1 aromatic carbocycles. The van der Waals surface area contributed by atoms with Crippen molar-refractivity contribution in [2.24, 2.45) is 0 Å². The minimum Gasteiger partial charge on any atom is -0.496 e. The number of methoxy groups -OCH3 is 1. The predicted molar refractivity (Wildman–Crippen MR) is 138 cm³/mol. The third kappa shape index (κ3) is 5.93. The Morgan fingerprint density at radius 1 is 1.29 bits per heavy atom. The quantitative estimate of drug-likeness (QED) is 0.437. The summed E-state index contributed by atoms with van der Waals surface area (Å²) in [6.45, 7) is 6.70. The molecule has 1 amide bonds. The summed E-state index contributed by atoms with van der Waals surface area (Å²) < 4.78 is 13.4. The second kappa shape index (κ2) is 11.5. The molecule has 2 aromatic heterocycles. The second-order valence-corrected chi connectivity index (χ2v) is 9.91. The fourth-order valence-electron chi connectivity index (χ4n) is 4.59. The van der Waals surface area contributed by atoms with Gasteiger partial charge in [0, 0.05) is 35.8 Å². The molecule has 35 heavy (non-hydrogen) atoms. The number of hydrogen-bond acceptors (Lipinski definition) is 6. The van der Waals surface area contributed by atoms with Gasteiger partial charge in [0.15, 0.2) is 0 Å². The summed E-state index contributed by atoms with van der Waals surface area (Å²) in [5, 5.41) is 15.0. The molecule has 3 heterocycles. The SMILES string of the molecule is COc1ccccc1CN(CC(=O)Nc1c(C#N)c(C)c(C)n1C[C@@H]1CCCO1)Cc1cccs1. The van der Waals surface area contributed by atoms with Gasteiger partial charge in [0.2, 0.25) is 5.91 Å². The molecule has 0 saturated carbocycles. The second-order valence-electron chi connectivity index (χ2n) is 8.88. The van der Waals surface area contributed by atoms with E-state index in [0.717, 1.165) is 42.0 Å². The van der Waals surface area contributed by atoms with Crippen LogP contribution in [0.4, 0.5) is 5.82 Å². The Morgan fingerprint density at radius 2 is 2.11 bits per heavy atom. The average molecular weight is 493 g/mol. The summed E-state index contributed by atoms with van der Waals surface area (Å²) >= 11 is 1.67. The number of para-hydroxylation sites is 1. The third-order valence-electron chi connectivity index (χ3n) is 6.52. The molecule has 0 unspecified atom stereocenters. The van der Waals surface area contributed by atoms with Gasteiger partial charge in [-0.15, -0.1) is 11.3 Å². The molecular weight excluding hydrogens is 460 g/mol. The van der Waals surface area contributed by atoms with E-state index in [2.05, 4.69) is 22.4 Å². The van der Waals surface area contributed by atoms with Crippen molar-refractivity contribution in [3.05, 3.63) is 69.0 Å². The fourth-order valence-corrected chi connectivity index (χ4v) is 5.34. The molecular formula is C27H32N4O3S. The van der Waals surface area contributed by atoms with Crippen LogP contribution in [0.5, 0.6) is 5.75 Å². The van der Waals surface area contributed by atoms with Crippen LogP contribution >= 0.6 is 11.3 Å². The zero-order valence-electron chi connectivity index (χ0n) is 20.5. The van der Waals surface area contributed by atoms with Crippen molar-refractivity contribution in [2.75, 3.05) is 25.6 Å².